The van der Waals surface area contributed by atoms with Crippen LogP contribution in [0, 0.1) is 5.92 Å². The van der Waals surface area contributed by atoms with Gasteiger partial charge in [-0.25, -0.2) is 0 Å². The van der Waals surface area contributed by atoms with Gasteiger partial charge in [0, 0.05) is 26.4 Å². The van der Waals surface area contributed by atoms with Crippen molar-refractivity contribution in [2.45, 2.75) is 31.7 Å². The first-order valence-corrected chi connectivity index (χ1v) is 7.84. The van der Waals surface area contributed by atoms with E-state index in [9.17, 15) is 9.90 Å². The van der Waals surface area contributed by atoms with Gasteiger partial charge in [-0.15, -0.1) is 0 Å². The molecule has 3 rings (SSSR count). The van der Waals surface area contributed by atoms with E-state index in [1.54, 1.807) is 10.9 Å². The van der Waals surface area contributed by atoms with Crippen LogP contribution in [0.25, 0.3) is 0 Å². The Hall–Kier alpha value is -1.40. The number of amides is 1. The second-order valence-corrected chi connectivity index (χ2v) is 6.18. The molecule has 6 nitrogen and oxygen atoms in total. The van der Waals surface area contributed by atoms with E-state index in [0.29, 0.717) is 5.92 Å². The van der Waals surface area contributed by atoms with E-state index in [4.69, 9.17) is 0 Å². The van der Waals surface area contributed by atoms with Crippen LogP contribution >= 0.6 is 0 Å². The molecule has 116 valence electrons. The Morgan fingerprint density at radius 2 is 2.05 bits per heavy atom. The quantitative estimate of drug-likeness (QED) is 0.887. The fraction of sp³-hybridized carbons (Fsp3) is 0.733. The molecular formula is C15H24N4O2. The van der Waals surface area contributed by atoms with Crippen molar-refractivity contribution in [3.05, 3.63) is 12.4 Å². The number of aliphatic hydroxyl groups excluding tert-OH is 1. The van der Waals surface area contributed by atoms with Crippen molar-refractivity contribution < 1.29 is 9.90 Å². The molecule has 0 aromatic carbocycles. The van der Waals surface area contributed by atoms with Crippen molar-refractivity contribution in [2.24, 2.45) is 13.0 Å². The van der Waals surface area contributed by atoms with Crippen LogP contribution in [0.4, 0.5) is 5.69 Å². The third kappa shape index (κ3) is 2.96. The Kier molecular flexibility index (Phi) is 4.26. The highest BCUT2D eigenvalue weighted by atomic mass is 16.3. The minimum absolute atomic E-state index is 0.00130. The highest BCUT2D eigenvalue weighted by Gasteiger charge is 2.35. The largest absolute Gasteiger partial charge is 0.396 e. The standard InChI is InChI=1S/C15H24N4O2/c1-17-10-13(9-16-17)19-6-2-3-14(15(19)21)18-7-4-12(11-20)5-8-18/h9-10,12,14,20H,2-8,11H2,1H3. The Morgan fingerprint density at radius 3 is 2.67 bits per heavy atom. The van der Waals surface area contributed by atoms with Crippen LogP contribution in [0.5, 0.6) is 0 Å². The van der Waals surface area contributed by atoms with E-state index in [1.165, 1.54) is 0 Å². The van der Waals surface area contributed by atoms with Gasteiger partial charge in [0.1, 0.15) is 0 Å². The van der Waals surface area contributed by atoms with E-state index in [-0.39, 0.29) is 18.6 Å². The van der Waals surface area contributed by atoms with Crippen molar-refractivity contribution >= 4 is 11.6 Å². The van der Waals surface area contributed by atoms with Crippen LogP contribution < -0.4 is 4.90 Å². The van der Waals surface area contributed by atoms with Gasteiger partial charge < -0.3 is 10.0 Å². The first-order valence-electron chi connectivity index (χ1n) is 7.84. The van der Waals surface area contributed by atoms with Crippen molar-refractivity contribution in [1.29, 1.82) is 0 Å². The molecule has 0 bridgehead atoms. The van der Waals surface area contributed by atoms with E-state index in [2.05, 4.69) is 10.00 Å². The molecule has 2 fully saturated rings. The smallest absolute Gasteiger partial charge is 0.244 e. The maximum Gasteiger partial charge on any atom is 0.244 e. The Balaban J connectivity index is 1.68. The fourth-order valence-electron chi connectivity index (χ4n) is 3.45. The van der Waals surface area contributed by atoms with E-state index in [1.807, 2.05) is 18.1 Å². The maximum atomic E-state index is 12.8. The Labute approximate surface area is 125 Å². The highest BCUT2D eigenvalue weighted by Crippen LogP contribution is 2.26. The third-order valence-electron chi connectivity index (χ3n) is 4.76. The van der Waals surface area contributed by atoms with Crippen LogP contribution in [0.2, 0.25) is 0 Å². The Bertz CT molecular complexity index is 494. The average Bonchev–Trinajstić information content (AvgIpc) is 2.94. The van der Waals surface area contributed by atoms with Crippen molar-refractivity contribution in [2.75, 3.05) is 31.1 Å². The molecule has 1 unspecified atom stereocenters. The van der Waals surface area contributed by atoms with Crippen molar-refractivity contribution in [3.63, 3.8) is 0 Å². The molecule has 1 N–H and O–H groups in total. The fourth-order valence-corrected chi connectivity index (χ4v) is 3.45. The van der Waals surface area contributed by atoms with Gasteiger partial charge in [-0.05, 0) is 44.7 Å². The molecule has 0 spiro atoms. The summed E-state index contributed by atoms with van der Waals surface area (Å²) in [6.45, 7) is 2.90. The molecule has 0 aliphatic carbocycles. The number of aryl methyl sites for hydroxylation is 1. The van der Waals surface area contributed by atoms with Crippen molar-refractivity contribution in [1.82, 2.24) is 14.7 Å². The number of anilines is 1. The van der Waals surface area contributed by atoms with Crippen molar-refractivity contribution in [3.8, 4) is 0 Å². The van der Waals surface area contributed by atoms with Crippen LogP contribution in [0.1, 0.15) is 25.7 Å². The first-order chi connectivity index (χ1) is 10.2. The van der Waals surface area contributed by atoms with Gasteiger partial charge >= 0.3 is 0 Å². The van der Waals surface area contributed by atoms with Crippen LogP contribution in [0.15, 0.2) is 12.4 Å². The lowest BCUT2D eigenvalue weighted by molar-refractivity contribution is -0.126. The third-order valence-corrected chi connectivity index (χ3v) is 4.76. The number of hydrogen-bond donors (Lipinski definition) is 1. The lowest BCUT2D eigenvalue weighted by Gasteiger charge is -2.41. The van der Waals surface area contributed by atoms with Gasteiger partial charge in [0.05, 0.1) is 17.9 Å². The molecule has 0 saturated carbocycles. The number of likely N-dealkylation sites (tertiary alicyclic amines) is 1. The molecular weight excluding hydrogens is 268 g/mol. The summed E-state index contributed by atoms with van der Waals surface area (Å²) < 4.78 is 1.74. The lowest BCUT2D eigenvalue weighted by atomic mass is 9.94. The zero-order chi connectivity index (χ0) is 14.8. The summed E-state index contributed by atoms with van der Waals surface area (Å²) in [5.41, 5.74) is 0.900. The van der Waals surface area contributed by atoms with Gasteiger partial charge in [-0.1, -0.05) is 0 Å². The minimum Gasteiger partial charge on any atom is -0.396 e. The molecule has 2 aliphatic rings. The summed E-state index contributed by atoms with van der Waals surface area (Å²) in [7, 11) is 1.87. The molecule has 1 amide bonds. The van der Waals surface area contributed by atoms with Gasteiger partial charge in [0.15, 0.2) is 0 Å². The zero-order valence-electron chi connectivity index (χ0n) is 12.6. The number of carbonyl (C=O) groups excluding carboxylic acids is 1. The molecule has 1 aromatic rings. The first kappa shape index (κ1) is 14.5. The summed E-state index contributed by atoms with van der Waals surface area (Å²) in [6, 6.07) is -0.00130. The number of rotatable bonds is 3. The lowest BCUT2D eigenvalue weighted by Crippen LogP contribution is -2.54. The number of piperidine rings is 2. The van der Waals surface area contributed by atoms with Gasteiger partial charge in [-0.3, -0.25) is 14.4 Å². The van der Waals surface area contributed by atoms with E-state index in [0.717, 1.165) is 51.0 Å². The second-order valence-electron chi connectivity index (χ2n) is 6.18. The van der Waals surface area contributed by atoms with E-state index >= 15 is 0 Å². The highest BCUT2D eigenvalue weighted by molar-refractivity contribution is 5.97. The minimum atomic E-state index is -0.00130. The predicted octanol–water partition coefficient (Wildman–Crippen LogP) is 0.620. The average molecular weight is 292 g/mol. The molecule has 3 heterocycles. The molecule has 2 saturated heterocycles. The van der Waals surface area contributed by atoms with Crippen LogP contribution in [-0.4, -0.2) is 58.0 Å². The number of aliphatic hydroxyl groups is 1. The molecule has 6 heteroatoms. The van der Waals surface area contributed by atoms with Gasteiger partial charge in [-0.2, -0.15) is 5.10 Å². The Morgan fingerprint density at radius 1 is 1.29 bits per heavy atom. The van der Waals surface area contributed by atoms with Gasteiger partial charge in [0.2, 0.25) is 5.91 Å². The summed E-state index contributed by atoms with van der Waals surface area (Å²) in [6.07, 6.45) is 7.63. The number of aromatic nitrogens is 2. The molecule has 21 heavy (non-hydrogen) atoms. The zero-order valence-corrected chi connectivity index (χ0v) is 12.6. The summed E-state index contributed by atoms with van der Waals surface area (Å²) in [5, 5.41) is 13.4. The van der Waals surface area contributed by atoms with Gasteiger partial charge in [0.25, 0.3) is 0 Å². The van der Waals surface area contributed by atoms with E-state index < -0.39 is 0 Å². The maximum absolute atomic E-state index is 12.8. The topological polar surface area (TPSA) is 61.6 Å². The predicted molar refractivity (Wildman–Crippen MR) is 80.0 cm³/mol. The molecule has 0 radical (unpaired) electrons. The number of carbonyl (C=O) groups is 1. The summed E-state index contributed by atoms with van der Waals surface area (Å²) in [5.74, 6) is 0.617. The summed E-state index contributed by atoms with van der Waals surface area (Å²) >= 11 is 0. The normalized spacial score (nSPS) is 25.5. The molecule has 1 atom stereocenters. The monoisotopic (exact) mass is 292 g/mol. The van der Waals surface area contributed by atoms with Crippen LogP contribution in [0.3, 0.4) is 0 Å². The second kappa shape index (κ2) is 6.15. The summed E-state index contributed by atoms with van der Waals surface area (Å²) in [4.78, 5) is 17.0. The number of hydrogen-bond acceptors (Lipinski definition) is 4. The molecule has 2 aliphatic heterocycles. The van der Waals surface area contributed by atoms with Crippen LogP contribution in [-0.2, 0) is 11.8 Å². The molecule has 1 aromatic heterocycles. The number of nitrogens with zero attached hydrogens (tertiary/aromatic N) is 4. The SMILES string of the molecule is Cn1cc(N2CCCC(N3CCC(CO)CC3)C2=O)cn1.